The van der Waals surface area contributed by atoms with Gasteiger partial charge in [-0.25, -0.2) is 0 Å². The summed E-state index contributed by atoms with van der Waals surface area (Å²) in [6.45, 7) is 2.02. The van der Waals surface area contributed by atoms with Crippen molar-refractivity contribution >= 4 is 5.78 Å². The first-order chi connectivity index (χ1) is 8.70. The molecular formula is C16H16O2. The summed E-state index contributed by atoms with van der Waals surface area (Å²) >= 11 is 0. The topological polar surface area (TPSA) is 26.3 Å². The second kappa shape index (κ2) is 5.50. The number of carbonyl (C=O) groups excluding carboxylic acids is 1. The Balaban J connectivity index is 2.22. The lowest BCUT2D eigenvalue weighted by Gasteiger charge is -2.07. The summed E-state index contributed by atoms with van der Waals surface area (Å²) in [5.74, 6) is 0.716. The number of ketones is 1. The Bertz CT molecular complexity index is 559. The third-order valence-electron chi connectivity index (χ3n) is 2.85. The quantitative estimate of drug-likeness (QED) is 0.765. The van der Waals surface area contributed by atoms with Crippen molar-refractivity contribution in [3.8, 4) is 5.75 Å². The predicted octanol–water partition coefficient (Wildman–Crippen LogP) is 3.43. The summed E-state index contributed by atoms with van der Waals surface area (Å²) in [5, 5.41) is 0. The molecule has 18 heavy (non-hydrogen) atoms. The zero-order valence-electron chi connectivity index (χ0n) is 10.6. The molecule has 2 aromatic rings. The first kappa shape index (κ1) is 12.4. The van der Waals surface area contributed by atoms with Gasteiger partial charge in [-0.1, -0.05) is 42.0 Å². The van der Waals surface area contributed by atoms with Crippen molar-refractivity contribution in [1.29, 1.82) is 0 Å². The van der Waals surface area contributed by atoms with Crippen molar-refractivity contribution in [2.75, 3.05) is 7.11 Å². The highest BCUT2D eigenvalue weighted by Crippen LogP contribution is 2.19. The van der Waals surface area contributed by atoms with Gasteiger partial charge in [0.2, 0.25) is 0 Å². The fraction of sp³-hybridized carbons (Fsp3) is 0.188. The SMILES string of the molecule is COc1ccccc1C(=O)Cc1cccc(C)c1. The Morgan fingerprint density at radius 2 is 1.89 bits per heavy atom. The number of rotatable bonds is 4. The van der Waals surface area contributed by atoms with E-state index < -0.39 is 0 Å². The molecule has 0 radical (unpaired) electrons. The molecule has 0 saturated carbocycles. The van der Waals surface area contributed by atoms with Crippen LogP contribution in [0.15, 0.2) is 48.5 Å². The van der Waals surface area contributed by atoms with E-state index in [1.165, 1.54) is 5.56 Å². The average molecular weight is 240 g/mol. The minimum atomic E-state index is 0.0815. The van der Waals surface area contributed by atoms with Crippen molar-refractivity contribution in [3.05, 3.63) is 65.2 Å². The van der Waals surface area contributed by atoms with E-state index in [-0.39, 0.29) is 5.78 Å². The van der Waals surface area contributed by atoms with E-state index in [9.17, 15) is 4.79 Å². The average Bonchev–Trinajstić information content (AvgIpc) is 2.38. The van der Waals surface area contributed by atoms with Gasteiger partial charge in [-0.3, -0.25) is 4.79 Å². The zero-order valence-corrected chi connectivity index (χ0v) is 10.6. The van der Waals surface area contributed by atoms with Gasteiger partial charge in [0.25, 0.3) is 0 Å². The number of benzene rings is 2. The molecule has 0 fully saturated rings. The first-order valence-corrected chi connectivity index (χ1v) is 5.92. The lowest BCUT2D eigenvalue weighted by Crippen LogP contribution is -2.05. The molecule has 0 spiro atoms. The Labute approximate surface area is 107 Å². The van der Waals surface area contributed by atoms with Crippen LogP contribution in [0.1, 0.15) is 21.5 Å². The van der Waals surface area contributed by atoms with E-state index in [0.29, 0.717) is 17.7 Å². The molecule has 2 nitrogen and oxygen atoms in total. The van der Waals surface area contributed by atoms with Gasteiger partial charge in [0.15, 0.2) is 5.78 Å². The molecule has 0 saturated heterocycles. The van der Waals surface area contributed by atoms with E-state index >= 15 is 0 Å². The van der Waals surface area contributed by atoms with Crippen LogP contribution in [-0.2, 0) is 6.42 Å². The number of ether oxygens (including phenoxy) is 1. The molecule has 0 aromatic heterocycles. The molecule has 0 amide bonds. The van der Waals surface area contributed by atoms with Gasteiger partial charge in [0, 0.05) is 6.42 Å². The second-order valence-electron chi connectivity index (χ2n) is 4.29. The smallest absolute Gasteiger partial charge is 0.170 e. The van der Waals surface area contributed by atoms with Crippen molar-refractivity contribution < 1.29 is 9.53 Å². The molecule has 0 heterocycles. The fourth-order valence-electron chi connectivity index (χ4n) is 1.98. The highest BCUT2D eigenvalue weighted by atomic mass is 16.5. The first-order valence-electron chi connectivity index (χ1n) is 5.92. The molecule has 0 N–H and O–H groups in total. The summed E-state index contributed by atoms with van der Waals surface area (Å²) in [5.41, 5.74) is 2.84. The normalized spacial score (nSPS) is 10.1. The Kier molecular flexibility index (Phi) is 3.78. The summed E-state index contributed by atoms with van der Waals surface area (Å²) in [7, 11) is 1.58. The highest BCUT2D eigenvalue weighted by Gasteiger charge is 2.11. The van der Waals surface area contributed by atoms with Gasteiger partial charge in [0.05, 0.1) is 12.7 Å². The predicted molar refractivity (Wildman–Crippen MR) is 72.2 cm³/mol. The van der Waals surface area contributed by atoms with Crippen LogP contribution in [0.3, 0.4) is 0 Å². The minimum Gasteiger partial charge on any atom is -0.496 e. The molecule has 2 aromatic carbocycles. The number of methoxy groups -OCH3 is 1. The number of hydrogen-bond acceptors (Lipinski definition) is 2. The number of para-hydroxylation sites is 1. The van der Waals surface area contributed by atoms with Crippen LogP contribution in [0, 0.1) is 6.92 Å². The van der Waals surface area contributed by atoms with Crippen molar-refractivity contribution in [3.63, 3.8) is 0 Å². The Morgan fingerprint density at radius 1 is 1.11 bits per heavy atom. The van der Waals surface area contributed by atoms with E-state index in [0.717, 1.165) is 5.56 Å². The maximum Gasteiger partial charge on any atom is 0.170 e. The molecule has 2 heteroatoms. The van der Waals surface area contributed by atoms with Crippen molar-refractivity contribution in [2.45, 2.75) is 13.3 Å². The van der Waals surface area contributed by atoms with E-state index in [4.69, 9.17) is 4.74 Å². The van der Waals surface area contributed by atoms with E-state index in [1.54, 1.807) is 13.2 Å². The van der Waals surface area contributed by atoms with Gasteiger partial charge < -0.3 is 4.74 Å². The van der Waals surface area contributed by atoms with E-state index in [2.05, 4.69) is 0 Å². The molecule has 0 aliphatic heterocycles. The molecule has 0 unspecified atom stereocenters. The Hall–Kier alpha value is -2.09. The summed E-state index contributed by atoms with van der Waals surface area (Å²) in [6.07, 6.45) is 0.405. The fourth-order valence-corrected chi connectivity index (χ4v) is 1.98. The van der Waals surface area contributed by atoms with Crippen LogP contribution in [0.5, 0.6) is 5.75 Å². The van der Waals surface area contributed by atoms with Gasteiger partial charge in [0.1, 0.15) is 5.75 Å². The minimum absolute atomic E-state index is 0.0815. The van der Waals surface area contributed by atoms with Crippen LogP contribution in [0.4, 0.5) is 0 Å². The molecule has 0 atom stereocenters. The second-order valence-corrected chi connectivity index (χ2v) is 4.29. The largest absolute Gasteiger partial charge is 0.496 e. The number of Topliss-reactive ketones (excluding diaryl/α,β-unsaturated/α-hetero) is 1. The third-order valence-corrected chi connectivity index (χ3v) is 2.85. The lowest BCUT2D eigenvalue weighted by molar-refractivity contribution is 0.0990. The van der Waals surface area contributed by atoms with E-state index in [1.807, 2.05) is 49.4 Å². The highest BCUT2D eigenvalue weighted by molar-refractivity contribution is 5.99. The van der Waals surface area contributed by atoms with Crippen molar-refractivity contribution in [2.24, 2.45) is 0 Å². The summed E-state index contributed by atoms with van der Waals surface area (Å²) in [6, 6.07) is 15.3. The maximum atomic E-state index is 12.2. The van der Waals surface area contributed by atoms with Crippen LogP contribution in [0.2, 0.25) is 0 Å². The molecule has 0 aliphatic rings. The van der Waals surface area contributed by atoms with Gasteiger partial charge in [-0.05, 0) is 24.6 Å². The molecule has 0 bridgehead atoms. The monoisotopic (exact) mass is 240 g/mol. The summed E-state index contributed by atoms with van der Waals surface area (Å²) < 4.78 is 5.21. The number of aryl methyl sites for hydroxylation is 1. The molecular weight excluding hydrogens is 224 g/mol. The molecule has 2 rings (SSSR count). The standard InChI is InChI=1S/C16H16O2/c1-12-6-5-7-13(10-12)11-15(17)14-8-3-4-9-16(14)18-2/h3-10H,11H2,1-2H3. The number of carbonyl (C=O) groups is 1. The third kappa shape index (κ3) is 2.77. The van der Waals surface area contributed by atoms with Crippen molar-refractivity contribution in [1.82, 2.24) is 0 Å². The van der Waals surface area contributed by atoms with Gasteiger partial charge >= 0.3 is 0 Å². The van der Waals surface area contributed by atoms with Crippen LogP contribution >= 0.6 is 0 Å². The summed E-state index contributed by atoms with van der Waals surface area (Å²) in [4.78, 5) is 12.2. The van der Waals surface area contributed by atoms with Gasteiger partial charge in [-0.2, -0.15) is 0 Å². The van der Waals surface area contributed by atoms with Crippen LogP contribution in [-0.4, -0.2) is 12.9 Å². The zero-order chi connectivity index (χ0) is 13.0. The molecule has 0 aliphatic carbocycles. The number of hydrogen-bond donors (Lipinski definition) is 0. The molecule has 92 valence electrons. The van der Waals surface area contributed by atoms with Crippen LogP contribution < -0.4 is 4.74 Å². The maximum absolute atomic E-state index is 12.2. The van der Waals surface area contributed by atoms with Crippen LogP contribution in [0.25, 0.3) is 0 Å². The lowest BCUT2D eigenvalue weighted by atomic mass is 10.0. The Morgan fingerprint density at radius 3 is 2.61 bits per heavy atom. The van der Waals surface area contributed by atoms with Gasteiger partial charge in [-0.15, -0.1) is 0 Å².